The molecule has 1 rings (SSSR count). The highest BCUT2D eigenvalue weighted by Crippen LogP contribution is 2.20. The zero-order chi connectivity index (χ0) is 7.83. The first-order valence-corrected chi connectivity index (χ1v) is 3.99. The summed E-state index contributed by atoms with van der Waals surface area (Å²) in [6.07, 6.45) is 0. The predicted molar refractivity (Wildman–Crippen MR) is 45.9 cm³/mol. The Bertz CT molecular complexity index is 116. The van der Waals surface area contributed by atoms with E-state index < -0.39 is 0 Å². The van der Waals surface area contributed by atoms with E-state index in [4.69, 9.17) is 0 Å². The van der Waals surface area contributed by atoms with Crippen molar-refractivity contribution in [1.82, 2.24) is 5.32 Å². The van der Waals surface area contributed by atoms with Crippen molar-refractivity contribution in [3.63, 3.8) is 0 Å². The molecule has 0 aromatic rings. The Morgan fingerprint density at radius 2 is 1.82 bits per heavy atom. The highest BCUT2D eigenvalue weighted by molar-refractivity contribution is 4.76. The Kier molecular flexibility index (Phi) is 3.06. The van der Waals surface area contributed by atoms with Crippen LogP contribution in [0.2, 0.25) is 0 Å². The van der Waals surface area contributed by atoms with Crippen LogP contribution in [0.4, 0.5) is 0 Å². The first-order valence-electron chi connectivity index (χ1n) is 3.99. The summed E-state index contributed by atoms with van der Waals surface area (Å²) in [7, 11) is 4.61. The minimum Gasteiger partial charge on any atom is -0.870 e. The molecule has 0 spiro atoms. The van der Waals surface area contributed by atoms with Gasteiger partial charge < -0.3 is 15.3 Å². The maximum Gasteiger partial charge on any atom is 0.106 e. The van der Waals surface area contributed by atoms with Crippen LogP contribution >= 0.6 is 0 Å². The quantitative estimate of drug-likeness (QED) is 0.517. The van der Waals surface area contributed by atoms with Crippen LogP contribution in [0.5, 0.6) is 0 Å². The Hall–Kier alpha value is -0.120. The van der Waals surface area contributed by atoms with Gasteiger partial charge in [0.05, 0.1) is 27.2 Å². The fraction of sp³-hybridized carbons (Fsp3) is 1.00. The Morgan fingerprint density at radius 3 is 2.09 bits per heavy atom. The minimum absolute atomic E-state index is 0. The topological polar surface area (TPSA) is 42.0 Å². The van der Waals surface area contributed by atoms with Gasteiger partial charge in [0.25, 0.3) is 0 Å². The molecule has 0 bridgehead atoms. The van der Waals surface area contributed by atoms with E-state index in [1.807, 2.05) is 0 Å². The summed E-state index contributed by atoms with van der Waals surface area (Å²) < 4.78 is 1.14. The maximum absolute atomic E-state index is 3.42. The highest BCUT2D eigenvalue weighted by Gasteiger charge is 2.38. The van der Waals surface area contributed by atoms with Crippen molar-refractivity contribution in [1.29, 1.82) is 0 Å². The lowest BCUT2D eigenvalue weighted by Gasteiger charge is -2.48. The minimum atomic E-state index is 0. The van der Waals surface area contributed by atoms with Crippen LogP contribution in [0.15, 0.2) is 0 Å². The average Bonchev–Trinajstić information content (AvgIpc) is 1.77. The molecular weight excluding hydrogens is 140 g/mol. The third kappa shape index (κ3) is 1.92. The van der Waals surface area contributed by atoms with Crippen molar-refractivity contribution in [3.8, 4) is 0 Å². The van der Waals surface area contributed by atoms with Crippen LogP contribution in [0.1, 0.15) is 13.8 Å². The summed E-state index contributed by atoms with van der Waals surface area (Å²) >= 11 is 0. The number of nitrogens with one attached hydrogen (secondary N) is 1. The molecule has 1 fully saturated rings. The van der Waals surface area contributed by atoms with Gasteiger partial charge in [0.15, 0.2) is 0 Å². The van der Waals surface area contributed by atoms with Gasteiger partial charge in [-0.3, -0.25) is 0 Å². The normalized spacial score (nSPS) is 27.3. The van der Waals surface area contributed by atoms with Gasteiger partial charge in [-0.1, -0.05) is 0 Å². The Balaban J connectivity index is 0.000001000. The number of likely N-dealkylation sites (N-methyl/N-ethyl adjacent to an activating group) is 1. The SMILES string of the molecule is CC1(C)CNCC[N+]1(C)C.[OH-]. The summed E-state index contributed by atoms with van der Waals surface area (Å²) in [5, 5.41) is 3.42. The summed E-state index contributed by atoms with van der Waals surface area (Å²) in [5.41, 5.74) is 0.401. The number of rotatable bonds is 0. The molecule has 3 nitrogen and oxygen atoms in total. The number of hydrogen-bond acceptors (Lipinski definition) is 2. The fourth-order valence-electron chi connectivity index (χ4n) is 1.27. The highest BCUT2D eigenvalue weighted by atomic mass is 16.0. The smallest absolute Gasteiger partial charge is 0.106 e. The molecule has 0 aromatic carbocycles. The van der Waals surface area contributed by atoms with Crippen molar-refractivity contribution < 1.29 is 9.96 Å². The molecule has 0 amide bonds. The lowest BCUT2D eigenvalue weighted by molar-refractivity contribution is -0.939. The van der Waals surface area contributed by atoms with Crippen LogP contribution in [0.3, 0.4) is 0 Å². The van der Waals surface area contributed by atoms with Gasteiger partial charge in [0, 0.05) is 6.54 Å². The molecule has 0 atom stereocenters. The molecule has 1 heterocycles. The van der Waals surface area contributed by atoms with Gasteiger partial charge in [0.1, 0.15) is 5.54 Å². The predicted octanol–water partition coefficient (Wildman–Crippen LogP) is 0.268. The zero-order valence-corrected chi connectivity index (χ0v) is 8.02. The maximum atomic E-state index is 3.42. The molecule has 0 radical (unpaired) electrons. The molecule has 0 aromatic heterocycles. The Morgan fingerprint density at radius 1 is 1.27 bits per heavy atom. The van der Waals surface area contributed by atoms with Crippen LogP contribution in [-0.4, -0.2) is 49.2 Å². The number of quaternary nitrogens is 1. The van der Waals surface area contributed by atoms with E-state index in [1.165, 1.54) is 6.54 Å². The number of hydrogen-bond donors (Lipinski definition) is 1. The van der Waals surface area contributed by atoms with E-state index in [-0.39, 0.29) is 5.48 Å². The molecule has 1 aliphatic heterocycles. The molecule has 1 aliphatic rings. The molecular formula is C8H20N2O. The molecule has 11 heavy (non-hydrogen) atoms. The summed E-state index contributed by atoms with van der Waals surface area (Å²) in [6, 6.07) is 0. The number of nitrogens with zero attached hydrogens (tertiary/aromatic N) is 1. The first-order chi connectivity index (χ1) is 4.46. The van der Waals surface area contributed by atoms with Gasteiger partial charge >= 0.3 is 0 Å². The molecule has 0 unspecified atom stereocenters. The van der Waals surface area contributed by atoms with Crippen molar-refractivity contribution >= 4 is 0 Å². The standard InChI is InChI=1S/C8H19N2.H2O/c1-8(2)7-9-5-6-10(8,3)4;/h9H,5-7H2,1-4H3;1H2/q+1;/p-1. The zero-order valence-electron chi connectivity index (χ0n) is 8.02. The van der Waals surface area contributed by atoms with Gasteiger partial charge in [-0.05, 0) is 13.8 Å². The second kappa shape index (κ2) is 3.09. The molecule has 3 heteroatoms. The van der Waals surface area contributed by atoms with E-state index in [1.54, 1.807) is 0 Å². The van der Waals surface area contributed by atoms with Crippen molar-refractivity contribution in [2.45, 2.75) is 19.4 Å². The molecule has 0 saturated carbocycles. The Labute approximate surface area is 69.3 Å². The third-order valence-corrected chi connectivity index (χ3v) is 3.04. The second-order valence-electron chi connectivity index (χ2n) is 4.40. The average molecular weight is 160 g/mol. The largest absolute Gasteiger partial charge is 0.870 e. The summed E-state index contributed by atoms with van der Waals surface area (Å²) in [6.45, 7) is 8.18. The van der Waals surface area contributed by atoms with Gasteiger partial charge in [-0.15, -0.1) is 0 Å². The third-order valence-electron chi connectivity index (χ3n) is 3.04. The van der Waals surface area contributed by atoms with E-state index in [9.17, 15) is 0 Å². The van der Waals surface area contributed by atoms with Crippen LogP contribution < -0.4 is 5.32 Å². The van der Waals surface area contributed by atoms with E-state index >= 15 is 0 Å². The van der Waals surface area contributed by atoms with Crippen molar-refractivity contribution in [2.75, 3.05) is 33.7 Å². The van der Waals surface area contributed by atoms with Gasteiger partial charge in [-0.2, -0.15) is 0 Å². The van der Waals surface area contributed by atoms with Crippen molar-refractivity contribution in [3.05, 3.63) is 0 Å². The van der Waals surface area contributed by atoms with E-state index in [0.29, 0.717) is 5.54 Å². The van der Waals surface area contributed by atoms with Crippen molar-refractivity contribution in [2.24, 2.45) is 0 Å². The lowest BCUT2D eigenvalue weighted by Crippen LogP contribution is -2.66. The molecule has 1 saturated heterocycles. The summed E-state index contributed by atoms with van der Waals surface area (Å²) in [5.74, 6) is 0. The lowest BCUT2D eigenvalue weighted by atomic mass is 9.98. The monoisotopic (exact) mass is 160 g/mol. The molecule has 2 N–H and O–H groups in total. The molecule has 0 aliphatic carbocycles. The van der Waals surface area contributed by atoms with Crippen LogP contribution in [0.25, 0.3) is 0 Å². The van der Waals surface area contributed by atoms with E-state index in [0.717, 1.165) is 17.6 Å². The fourth-order valence-corrected chi connectivity index (χ4v) is 1.27. The van der Waals surface area contributed by atoms with E-state index in [2.05, 4.69) is 33.3 Å². The van der Waals surface area contributed by atoms with Gasteiger partial charge in [0.2, 0.25) is 0 Å². The van der Waals surface area contributed by atoms with Gasteiger partial charge in [-0.25, -0.2) is 0 Å². The summed E-state index contributed by atoms with van der Waals surface area (Å²) in [4.78, 5) is 0. The first kappa shape index (κ1) is 10.9. The van der Waals surface area contributed by atoms with Crippen LogP contribution in [0, 0.1) is 0 Å². The second-order valence-corrected chi connectivity index (χ2v) is 4.40. The van der Waals surface area contributed by atoms with Crippen LogP contribution in [-0.2, 0) is 0 Å². The number of piperazine rings is 1. The molecule has 68 valence electrons.